The molecule has 0 amide bonds. The molecule has 0 spiro atoms. The van der Waals surface area contributed by atoms with Crippen molar-refractivity contribution in [3.05, 3.63) is 68.8 Å². The summed E-state index contributed by atoms with van der Waals surface area (Å²) in [6.45, 7) is 0. The highest BCUT2D eigenvalue weighted by atomic mass is 33.1. The Hall–Kier alpha value is -2.28. The van der Waals surface area contributed by atoms with E-state index in [1.54, 1.807) is 48.2 Å². The maximum atomic E-state index is 10.9. The molecule has 146 valence electrons. The van der Waals surface area contributed by atoms with Crippen LogP contribution in [0.3, 0.4) is 0 Å². The molecule has 2 rings (SSSR count). The van der Waals surface area contributed by atoms with Gasteiger partial charge in [-0.05, 0) is 33.7 Å². The lowest BCUT2D eigenvalue weighted by molar-refractivity contribution is -0.385. The number of hydrogen-bond acceptors (Lipinski definition) is 8. The molecule has 2 aromatic rings. The van der Waals surface area contributed by atoms with Crippen LogP contribution in [0.15, 0.2) is 48.5 Å². The second kappa shape index (κ2) is 9.78. The van der Waals surface area contributed by atoms with Crippen molar-refractivity contribution in [2.24, 2.45) is 0 Å². The summed E-state index contributed by atoms with van der Waals surface area (Å²) in [7, 11) is 5.87. The van der Waals surface area contributed by atoms with Crippen molar-refractivity contribution in [3.8, 4) is 0 Å². The minimum atomic E-state index is -0.467. The van der Waals surface area contributed by atoms with Gasteiger partial charge in [-0.2, -0.15) is 0 Å². The summed E-state index contributed by atoms with van der Waals surface area (Å²) in [5.74, 6) is 0. The molecule has 0 unspecified atom stereocenters. The molecular weight excluding hydrogens is 440 g/mol. The highest BCUT2D eigenvalue weighted by Gasteiger charge is 2.16. The molecule has 0 N–H and O–H groups in total. The van der Waals surface area contributed by atoms with Gasteiger partial charge in [0.05, 0.1) is 9.85 Å². The first kappa shape index (κ1) is 22.0. The summed E-state index contributed by atoms with van der Waals surface area (Å²) < 4.78 is 0.917. The largest absolute Gasteiger partial charge is 0.329 e. The Morgan fingerprint density at radius 3 is 1.50 bits per heavy atom. The van der Waals surface area contributed by atoms with Gasteiger partial charge in [-0.3, -0.25) is 20.2 Å². The molecule has 0 saturated carbocycles. The summed E-state index contributed by atoms with van der Waals surface area (Å²) in [6.07, 6.45) is 0. The van der Waals surface area contributed by atoms with Gasteiger partial charge in [0, 0.05) is 49.7 Å². The van der Waals surface area contributed by atoms with Crippen molar-refractivity contribution >= 4 is 77.4 Å². The number of nitro benzene ring substituents is 2. The Kier molecular flexibility index (Phi) is 7.69. The summed E-state index contributed by atoms with van der Waals surface area (Å²) >= 11 is 10.8. The third-order valence-corrected chi connectivity index (χ3v) is 7.38. The summed E-state index contributed by atoms with van der Waals surface area (Å²) in [6, 6.07) is 12.3. The molecule has 0 aliphatic carbocycles. The number of hydrogen-bond donors (Lipinski definition) is 0. The average molecular weight is 455 g/mol. The van der Waals surface area contributed by atoms with Crippen molar-refractivity contribution in [2.75, 3.05) is 23.9 Å². The van der Waals surface area contributed by atoms with Crippen LogP contribution in [0.4, 0.5) is 22.7 Å². The second-order valence-corrected chi connectivity index (χ2v) is 8.77. The van der Waals surface area contributed by atoms with Gasteiger partial charge in [0.15, 0.2) is 8.64 Å². The molecule has 12 heteroatoms. The normalized spacial score (nSPS) is 10.2. The van der Waals surface area contributed by atoms with Gasteiger partial charge in [0.25, 0.3) is 11.4 Å². The van der Waals surface area contributed by atoms with Crippen LogP contribution in [-0.4, -0.2) is 32.6 Å². The zero-order valence-corrected chi connectivity index (χ0v) is 17.9. The fourth-order valence-electron chi connectivity index (χ4n) is 2.02. The van der Waals surface area contributed by atoms with Crippen LogP contribution in [0, 0.1) is 20.2 Å². The first-order valence-electron chi connectivity index (χ1n) is 7.59. The maximum Gasteiger partial charge on any atom is 0.271 e. The van der Waals surface area contributed by atoms with Crippen LogP contribution in [0.25, 0.3) is 0 Å². The van der Waals surface area contributed by atoms with Crippen LogP contribution in [0.1, 0.15) is 0 Å². The smallest absolute Gasteiger partial charge is 0.271 e. The van der Waals surface area contributed by atoms with E-state index in [0.29, 0.717) is 20.0 Å². The van der Waals surface area contributed by atoms with E-state index in [9.17, 15) is 20.2 Å². The number of thiocarbonyl (C=S) groups is 2. The highest BCUT2D eigenvalue weighted by Crippen LogP contribution is 2.32. The highest BCUT2D eigenvalue weighted by molar-refractivity contribution is 8.89. The predicted octanol–water partition coefficient (Wildman–Crippen LogP) is 5.03. The number of benzene rings is 2. The van der Waals surface area contributed by atoms with Gasteiger partial charge in [-0.1, -0.05) is 36.6 Å². The Labute approximate surface area is 179 Å². The van der Waals surface area contributed by atoms with Crippen molar-refractivity contribution in [1.82, 2.24) is 0 Å². The monoisotopic (exact) mass is 454 g/mol. The summed E-state index contributed by atoms with van der Waals surface area (Å²) in [5.41, 5.74) is 1.13. The number of non-ortho nitro benzene ring substituents is 2. The molecule has 0 heterocycles. The lowest BCUT2D eigenvalue weighted by Gasteiger charge is -2.21. The fraction of sp³-hybridized carbons (Fsp3) is 0.125. The van der Waals surface area contributed by atoms with E-state index in [1.165, 1.54) is 45.9 Å². The van der Waals surface area contributed by atoms with E-state index in [1.807, 2.05) is 0 Å². The predicted molar refractivity (Wildman–Crippen MR) is 123 cm³/mol. The van der Waals surface area contributed by atoms with E-state index >= 15 is 0 Å². The molecule has 0 aromatic heterocycles. The standard InChI is InChI=1S/C16H14N4O4S4/c1-17(11-5-3-7-13(9-11)19(21)22)15(25)27-28-16(26)18(2)12-6-4-8-14(10-12)20(23)24/h3-10H,1-2H3. The van der Waals surface area contributed by atoms with E-state index < -0.39 is 9.85 Å². The Bertz CT molecular complexity index is 865. The van der Waals surface area contributed by atoms with Crippen molar-refractivity contribution in [1.29, 1.82) is 0 Å². The number of rotatable bonds is 4. The topological polar surface area (TPSA) is 92.8 Å². The molecule has 8 nitrogen and oxygen atoms in total. The second-order valence-electron chi connectivity index (χ2n) is 5.37. The third-order valence-electron chi connectivity index (χ3n) is 3.59. The van der Waals surface area contributed by atoms with Gasteiger partial charge in [-0.15, -0.1) is 0 Å². The van der Waals surface area contributed by atoms with Crippen LogP contribution in [0.2, 0.25) is 0 Å². The molecule has 0 aliphatic rings. The molecule has 0 bridgehead atoms. The SMILES string of the molecule is CN(C(=S)SSC(=S)N(C)c1cccc([N+](=O)[O-])c1)c1cccc([N+](=O)[O-])c1. The fourth-order valence-corrected chi connectivity index (χ4v) is 4.52. The molecule has 0 radical (unpaired) electrons. The number of nitrogens with zero attached hydrogens (tertiary/aromatic N) is 4. The molecular formula is C16H14N4O4S4. The van der Waals surface area contributed by atoms with Crippen LogP contribution < -0.4 is 9.80 Å². The van der Waals surface area contributed by atoms with Gasteiger partial charge >= 0.3 is 0 Å². The molecule has 0 fully saturated rings. The zero-order chi connectivity index (χ0) is 20.8. The Morgan fingerprint density at radius 2 is 1.18 bits per heavy atom. The van der Waals surface area contributed by atoms with Crippen molar-refractivity contribution < 1.29 is 9.85 Å². The van der Waals surface area contributed by atoms with Gasteiger partial charge in [0.1, 0.15) is 0 Å². The van der Waals surface area contributed by atoms with Gasteiger partial charge in [-0.25, -0.2) is 0 Å². The Morgan fingerprint density at radius 1 is 0.821 bits per heavy atom. The quantitative estimate of drug-likeness (QED) is 0.271. The molecule has 28 heavy (non-hydrogen) atoms. The first-order valence-corrected chi connectivity index (χ1v) is 10.6. The molecule has 2 aromatic carbocycles. The number of nitro groups is 2. The lowest BCUT2D eigenvalue weighted by atomic mass is 10.3. The minimum absolute atomic E-state index is 0.0225. The van der Waals surface area contributed by atoms with Crippen LogP contribution in [0.5, 0.6) is 0 Å². The van der Waals surface area contributed by atoms with Gasteiger partial charge in [0.2, 0.25) is 0 Å². The first-order chi connectivity index (χ1) is 13.2. The number of anilines is 2. The van der Waals surface area contributed by atoms with Crippen molar-refractivity contribution in [2.45, 2.75) is 0 Å². The molecule has 0 saturated heterocycles. The summed E-state index contributed by atoms with van der Waals surface area (Å²) in [4.78, 5) is 24.2. The zero-order valence-electron chi connectivity index (χ0n) is 14.7. The van der Waals surface area contributed by atoms with Gasteiger partial charge < -0.3 is 9.80 Å². The minimum Gasteiger partial charge on any atom is -0.329 e. The third kappa shape index (κ3) is 5.61. The van der Waals surface area contributed by atoms with E-state index in [-0.39, 0.29) is 11.4 Å². The average Bonchev–Trinajstić information content (AvgIpc) is 2.70. The lowest BCUT2D eigenvalue weighted by Crippen LogP contribution is -2.23. The molecule has 0 atom stereocenters. The van der Waals surface area contributed by atoms with E-state index in [4.69, 9.17) is 24.4 Å². The van der Waals surface area contributed by atoms with Crippen LogP contribution in [-0.2, 0) is 0 Å². The summed E-state index contributed by atoms with van der Waals surface area (Å²) in [5, 5.41) is 21.8. The Balaban J connectivity index is 2.00. The van der Waals surface area contributed by atoms with Crippen molar-refractivity contribution in [3.63, 3.8) is 0 Å². The van der Waals surface area contributed by atoms with E-state index in [2.05, 4.69) is 0 Å². The maximum absolute atomic E-state index is 10.9. The van der Waals surface area contributed by atoms with Crippen LogP contribution >= 0.6 is 46.0 Å². The van der Waals surface area contributed by atoms with E-state index in [0.717, 1.165) is 0 Å². The molecule has 0 aliphatic heterocycles.